The molecule has 0 aliphatic carbocycles. The highest BCUT2D eigenvalue weighted by molar-refractivity contribution is 9.10. The van der Waals surface area contributed by atoms with Gasteiger partial charge in [0.25, 0.3) is 0 Å². The number of aromatic nitrogens is 1. The topological polar surface area (TPSA) is 70.5 Å². The quantitative estimate of drug-likeness (QED) is 0.858. The van der Waals surface area contributed by atoms with Gasteiger partial charge in [0, 0.05) is 23.9 Å². The highest BCUT2D eigenvalue weighted by Gasteiger charge is 2.31. The second kappa shape index (κ2) is 6.97. The molecule has 1 aromatic carbocycles. The Morgan fingerprint density at radius 3 is 3.00 bits per heavy atom. The van der Waals surface area contributed by atoms with E-state index in [9.17, 15) is 14.7 Å². The Balaban J connectivity index is 1.66. The number of rotatable bonds is 4. The Hall–Kier alpha value is -1.47. The van der Waals surface area contributed by atoms with Gasteiger partial charge in [-0.05, 0) is 37.5 Å². The average molecular weight is 397 g/mol. The molecule has 1 aromatic heterocycles. The molecule has 5 nitrogen and oxygen atoms in total. The first-order chi connectivity index (χ1) is 11.0. The molecule has 0 saturated carbocycles. The zero-order valence-corrected chi connectivity index (χ0v) is 14.9. The number of carboxylic acid groups (broad SMARTS) is 1. The monoisotopic (exact) mass is 396 g/mol. The van der Waals surface area contributed by atoms with Crippen molar-refractivity contribution >= 4 is 49.4 Å². The third-order valence-electron chi connectivity index (χ3n) is 4.05. The van der Waals surface area contributed by atoms with Gasteiger partial charge in [0.1, 0.15) is 6.04 Å². The summed E-state index contributed by atoms with van der Waals surface area (Å²) in [7, 11) is 0. The van der Waals surface area contributed by atoms with Crippen molar-refractivity contribution in [3.05, 3.63) is 27.7 Å². The Morgan fingerprint density at radius 2 is 2.22 bits per heavy atom. The molecule has 0 unspecified atom stereocenters. The van der Waals surface area contributed by atoms with Gasteiger partial charge < -0.3 is 10.0 Å². The molecule has 1 aliphatic rings. The number of aryl methyl sites for hydroxylation is 1. The highest BCUT2D eigenvalue weighted by Crippen LogP contribution is 2.26. The number of fused-ring (bicyclic) bond motifs is 1. The molecular formula is C16H17BrN2O3S. The molecule has 1 fully saturated rings. The number of aliphatic carboxylic acids is 1. The van der Waals surface area contributed by atoms with Crippen molar-refractivity contribution in [2.24, 2.45) is 0 Å². The van der Waals surface area contributed by atoms with Crippen molar-refractivity contribution in [2.75, 3.05) is 6.54 Å². The van der Waals surface area contributed by atoms with E-state index in [1.807, 2.05) is 18.2 Å². The van der Waals surface area contributed by atoms with E-state index in [-0.39, 0.29) is 5.91 Å². The molecular weight excluding hydrogens is 380 g/mol. The standard InChI is InChI=1S/C16H17BrN2O3S/c17-10-4-5-13-11(9-10)18-14(23-13)6-7-15(20)19-8-2-1-3-12(19)16(21)22/h4-5,9,12H,1-3,6-8H2,(H,21,22)/t12-/m1/s1. The van der Waals surface area contributed by atoms with Crippen molar-refractivity contribution in [1.29, 1.82) is 0 Å². The van der Waals surface area contributed by atoms with E-state index in [1.54, 1.807) is 11.3 Å². The number of nitrogens with zero attached hydrogens (tertiary/aromatic N) is 2. The van der Waals surface area contributed by atoms with Crippen LogP contribution >= 0.6 is 27.3 Å². The van der Waals surface area contributed by atoms with Crippen molar-refractivity contribution in [3.8, 4) is 0 Å². The number of carbonyl (C=O) groups is 2. The number of likely N-dealkylation sites (tertiary alicyclic amines) is 1. The fourth-order valence-corrected chi connectivity index (χ4v) is 4.20. The molecule has 0 radical (unpaired) electrons. The molecule has 1 saturated heterocycles. The summed E-state index contributed by atoms with van der Waals surface area (Å²) >= 11 is 5.01. The Kier molecular flexibility index (Phi) is 4.96. The molecule has 1 aliphatic heterocycles. The summed E-state index contributed by atoms with van der Waals surface area (Å²) < 4.78 is 2.08. The highest BCUT2D eigenvalue weighted by atomic mass is 79.9. The van der Waals surface area contributed by atoms with Gasteiger partial charge in [-0.25, -0.2) is 9.78 Å². The van der Waals surface area contributed by atoms with Crippen LogP contribution in [0.4, 0.5) is 0 Å². The molecule has 0 bridgehead atoms. The van der Waals surface area contributed by atoms with E-state index < -0.39 is 12.0 Å². The van der Waals surface area contributed by atoms with Gasteiger partial charge in [0.05, 0.1) is 15.2 Å². The normalized spacial score (nSPS) is 18.3. The minimum Gasteiger partial charge on any atom is -0.480 e. The molecule has 1 amide bonds. The smallest absolute Gasteiger partial charge is 0.326 e. The molecule has 2 aromatic rings. The zero-order valence-electron chi connectivity index (χ0n) is 12.5. The molecule has 2 heterocycles. The number of amides is 1. The first-order valence-corrected chi connectivity index (χ1v) is 9.23. The van der Waals surface area contributed by atoms with Crippen LogP contribution in [0, 0.1) is 0 Å². The number of halogens is 1. The Morgan fingerprint density at radius 1 is 1.39 bits per heavy atom. The third-order valence-corrected chi connectivity index (χ3v) is 5.64. The summed E-state index contributed by atoms with van der Waals surface area (Å²) in [5, 5.41) is 10.2. The van der Waals surface area contributed by atoms with E-state index in [2.05, 4.69) is 20.9 Å². The minimum atomic E-state index is -0.900. The predicted molar refractivity (Wildman–Crippen MR) is 92.6 cm³/mol. The van der Waals surface area contributed by atoms with Crippen molar-refractivity contribution in [3.63, 3.8) is 0 Å². The van der Waals surface area contributed by atoms with Crippen LogP contribution in [0.2, 0.25) is 0 Å². The summed E-state index contributed by atoms with van der Waals surface area (Å²) in [5.74, 6) is -0.986. The number of hydrogen-bond acceptors (Lipinski definition) is 4. The summed E-state index contributed by atoms with van der Waals surface area (Å²) in [6, 6.07) is 5.28. The molecule has 122 valence electrons. The van der Waals surface area contributed by atoms with Gasteiger partial charge in [-0.15, -0.1) is 11.3 Å². The van der Waals surface area contributed by atoms with Gasteiger partial charge >= 0.3 is 5.97 Å². The second-order valence-electron chi connectivity index (χ2n) is 5.66. The van der Waals surface area contributed by atoms with Crippen molar-refractivity contribution in [2.45, 2.75) is 38.1 Å². The minimum absolute atomic E-state index is 0.0856. The predicted octanol–water partition coefficient (Wildman–Crippen LogP) is 3.46. The lowest BCUT2D eigenvalue weighted by atomic mass is 10.0. The molecule has 1 N–H and O–H groups in total. The van der Waals surface area contributed by atoms with Crippen LogP contribution in [-0.4, -0.2) is 39.5 Å². The Labute approximate surface area is 146 Å². The Bertz CT molecular complexity index is 746. The molecule has 7 heteroatoms. The van der Waals surface area contributed by atoms with Crippen molar-refractivity contribution in [1.82, 2.24) is 9.88 Å². The van der Waals surface area contributed by atoms with Gasteiger partial charge in [-0.2, -0.15) is 0 Å². The number of carbonyl (C=O) groups excluding carboxylic acids is 1. The number of piperidine rings is 1. The number of thiazole rings is 1. The van der Waals surface area contributed by atoms with Gasteiger partial charge in [0.15, 0.2) is 0 Å². The maximum Gasteiger partial charge on any atom is 0.326 e. The van der Waals surface area contributed by atoms with Crippen LogP contribution in [0.1, 0.15) is 30.7 Å². The lowest BCUT2D eigenvalue weighted by Crippen LogP contribution is -2.48. The zero-order chi connectivity index (χ0) is 16.4. The van der Waals surface area contributed by atoms with E-state index in [0.29, 0.717) is 25.8 Å². The van der Waals surface area contributed by atoms with Crippen LogP contribution < -0.4 is 0 Å². The van der Waals surface area contributed by atoms with Crippen molar-refractivity contribution < 1.29 is 14.7 Å². The number of carboxylic acids is 1. The second-order valence-corrected chi connectivity index (χ2v) is 7.69. The maximum absolute atomic E-state index is 12.4. The fraction of sp³-hybridized carbons (Fsp3) is 0.438. The lowest BCUT2D eigenvalue weighted by molar-refractivity contribution is -0.152. The fourth-order valence-electron chi connectivity index (χ4n) is 2.90. The summed E-state index contributed by atoms with van der Waals surface area (Å²) in [6.07, 6.45) is 3.16. The van der Waals surface area contributed by atoms with Gasteiger partial charge in [-0.1, -0.05) is 15.9 Å². The maximum atomic E-state index is 12.4. The largest absolute Gasteiger partial charge is 0.480 e. The first-order valence-electron chi connectivity index (χ1n) is 7.62. The van der Waals surface area contributed by atoms with Crippen LogP contribution in [-0.2, 0) is 16.0 Å². The van der Waals surface area contributed by atoms with Gasteiger partial charge in [0.2, 0.25) is 5.91 Å². The number of hydrogen-bond donors (Lipinski definition) is 1. The van der Waals surface area contributed by atoms with Crippen LogP contribution in [0.3, 0.4) is 0 Å². The van der Waals surface area contributed by atoms with E-state index in [4.69, 9.17) is 0 Å². The third kappa shape index (κ3) is 3.72. The summed E-state index contributed by atoms with van der Waals surface area (Å²) in [4.78, 5) is 29.7. The summed E-state index contributed by atoms with van der Waals surface area (Å²) in [6.45, 7) is 0.544. The SMILES string of the molecule is O=C(O)[C@H]1CCCCN1C(=O)CCc1nc2cc(Br)ccc2s1. The van der Waals surface area contributed by atoms with Crippen LogP contribution in [0.25, 0.3) is 10.2 Å². The molecule has 1 atom stereocenters. The molecule has 23 heavy (non-hydrogen) atoms. The summed E-state index contributed by atoms with van der Waals surface area (Å²) in [5.41, 5.74) is 0.924. The van der Waals surface area contributed by atoms with E-state index in [0.717, 1.165) is 32.5 Å². The molecule has 3 rings (SSSR count). The van der Waals surface area contributed by atoms with E-state index >= 15 is 0 Å². The lowest BCUT2D eigenvalue weighted by Gasteiger charge is -2.33. The van der Waals surface area contributed by atoms with Crippen LogP contribution in [0.5, 0.6) is 0 Å². The number of benzene rings is 1. The average Bonchev–Trinajstić information content (AvgIpc) is 2.94. The van der Waals surface area contributed by atoms with Crippen LogP contribution in [0.15, 0.2) is 22.7 Å². The van der Waals surface area contributed by atoms with Gasteiger partial charge in [-0.3, -0.25) is 4.79 Å². The first kappa shape index (κ1) is 16.4. The van der Waals surface area contributed by atoms with E-state index in [1.165, 1.54) is 4.90 Å². The molecule has 0 spiro atoms.